The molecule has 8 heteroatoms. The molecule has 1 amide bonds. The molecule has 0 aliphatic rings. The van der Waals surface area contributed by atoms with Gasteiger partial charge in [-0.3, -0.25) is 19.0 Å². The number of hydrogen-bond donors (Lipinski definition) is 2. The van der Waals surface area contributed by atoms with Crippen molar-refractivity contribution in [2.45, 2.75) is 43.9 Å². The number of nitrogens with one attached hydrogen (secondary N) is 1. The molecular formula is C25H27N3O4S. The van der Waals surface area contributed by atoms with Gasteiger partial charge in [-0.25, -0.2) is 4.98 Å². The molecule has 0 radical (unpaired) electrons. The summed E-state index contributed by atoms with van der Waals surface area (Å²) in [6, 6.07) is 17.9. The van der Waals surface area contributed by atoms with Crippen LogP contribution in [0.1, 0.15) is 26.6 Å². The zero-order valence-corrected chi connectivity index (χ0v) is 19.6. The van der Waals surface area contributed by atoms with Gasteiger partial charge in [-0.2, -0.15) is 0 Å². The largest absolute Gasteiger partial charge is 0.480 e. The van der Waals surface area contributed by atoms with Crippen LogP contribution in [0.15, 0.2) is 70.4 Å². The number of carboxylic acids is 1. The molecule has 0 aliphatic heterocycles. The van der Waals surface area contributed by atoms with Gasteiger partial charge in [-0.1, -0.05) is 51.1 Å². The smallest absolute Gasteiger partial charge is 0.317 e. The number of benzene rings is 2. The van der Waals surface area contributed by atoms with E-state index in [-0.39, 0.29) is 23.9 Å². The van der Waals surface area contributed by atoms with E-state index in [1.807, 2.05) is 51.1 Å². The highest BCUT2D eigenvalue weighted by molar-refractivity contribution is 8.00. The number of hydrogen-bond acceptors (Lipinski definition) is 5. The molecule has 0 spiro atoms. The molecule has 1 atom stereocenters. The van der Waals surface area contributed by atoms with Gasteiger partial charge in [0.05, 0.1) is 5.69 Å². The Balaban J connectivity index is 1.70. The Bertz CT molecular complexity index is 1170. The number of carbonyl (C=O) groups is 2. The summed E-state index contributed by atoms with van der Waals surface area (Å²) in [7, 11) is 0. The van der Waals surface area contributed by atoms with Crippen LogP contribution in [0.2, 0.25) is 0 Å². The van der Waals surface area contributed by atoms with E-state index < -0.39 is 11.2 Å². The number of rotatable bonds is 9. The van der Waals surface area contributed by atoms with Crippen LogP contribution in [0, 0.1) is 5.92 Å². The first-order chi connectivity index (χ1) is 15.8. The van der Waals surface area contributed by atoms with E-state index in [1.165, 1.54) is 22.4 Å². The summed E-state index contributed by atoms with van der Waals surface area (Å²) in [5.41, 5.74) is 1.72. The fourth-order valence-electron chi connectivity index (χ4n) is 3.33. The van der Waals surface area contributed by atoms with Crippen LogP contribution < -0.4 is 10.9 Å². The lowest BCUT2D eigenvalue weighted by Crippen LogP contribution is -2.30. The van der Waals surface area contributed by atoms with Gasteiger partial charge in [0.15, 0.2) is 0 Å². The second-order valence-electron chi connectivity index (χ2n) is 7.89. The van der Waals surface area contributed by atoms with Crippen LogP contribution >= 0.6 is 11.8 Å². The minimum atomic E-state index is -0.851. The predicted molar refractivity (Wildman–Crippen MR) is 131 cm³/mol. The standard InChI is InChI=1S/C25H27N3O4S/c1-4-21-27-20(17-8-6-5-7-9-17)14-23(30)28(21)15-22(29)26-18-10-12-19(13-11-18)33-24(16(2)3)25(31)32/h5-14,16,24H,4,15H2,1-3H3,(H,26,29)(H,31,32). The molecule has 2 N–H and O–H groups in total. The number of carbonyl (C=O) groups excluding carboxylic acids is 1. The predicted octanol–water partition coefficient (Wildman–Crippen LogP) is 4.31. The van der Waals surface area contributed by atoms with Gasteiger partial charge >= 0.3 is 5.97 Å². The number of amides is 1. The lowest BCUT2D eigenvalue weighted by Gasteiger charge is -2.16. The van der Waals surface area contributed by atoms with Crippen LogP contribution in [-0.4, -0.2) is 31.8 Å². The first-order valence-electron chi connectivity index (χ1n) is 10.7. The first kappa shape index (κ1) is 24.3. The van der Waals surface area contributed by atoms with E-state index in [4.69, 9.17) is 0 Å². The average molecular weight is 466 g/mol. The third kappa shape index (κ3) is 6.32. The molecule has 0 fully saturated rings. The summed E-state index contributed by atoms with van der Waals surface area (Å²) in [5.74, 6) is -0.667. The van der Waals surface area contributed by atoms with Crippen LogP contribution in [0.5, 0.6) is 0 Å². The Morgan fingerprint density at radius 3 is 2.33 bits per heavy atom. The van der Waals surface area contributed by atoms with E-state index in [0.29, 0.717) is 23.6 Å². The fourth-order valence-corrected chi connectivity index (χ4v) is 4.29. The Labute approximate surface area is 196 Å². The summed E-state index contributed by atoms with van der Waals surface area (Å²) >= 11 is 1.28. The second kappa shape index (κ2) is 11.0. The summed E-state index contributed by atoms with van der Waals surface area (Å²) in [6.45, 7) is 5.49. The maximum absolute atomic E-state index is 12.7. The number of aliphatic carboxylic acids is 1. The first-order valence-corrected chi connectivity index (χ1v) is 11.6. The molecule has 3 aromatic rings. The molecule has 0 bridgehead atoms. The van der Waals surface area contributed by atoms with Crippen molar-refractivity contribution < 1.29 is 14.7 Å². The zero-order valence-electron chi connectivity index (χ0n) is 18.8. The summed E-state index contributed by atoms with van der Waals surface area (Å²) < 4.78 is 1.38. The van der Waals surface area contributed by atoms with Gasteiger partial charge < -0.3 is 10.4 Å². The minimum Gasteiger partial charge on any atom is -0.480 e. The molecule has 1 unspecified atom stereocenters. The van der Waals surface area contributed by atoms with Gasteiger partial charge in [0, 0.05) is 28.6 Å². The van der Waals surface area contributed by atoms with Gasteiger partial charge in [0.1, 0.15) is 17.6 Å². The van der Waals surface area contributed by atoms with Crippen molar-refractivity contribution in [3.63, 3.8) is 0 Å². The lowest BCUT2D eigenvalue weighted by molar-refractivity contribution is -0.137. The number of aromatic nitrogens is 2. The van der Waals surface area contributed by atoms with Gasteiger partial charge in [-0.05, 0) is 30.2 Å². The van der Waals surface area contributed by atoms with Gasteiger partial charge in [0.25, 0.3) is 5.56 Å². The molecule has 3 rings (SSSR count). The Morgan fingerprint density at radius 2 is 1.76 bits per heavy atom. The molecule has 33 heavy (non-hydrogen) atoms. The van der Waals surface area contributed by atoms with Crippen molar-refractivity contribution in [1.82, 2.24) is 9.55 Å². The highest BCUT2D eigenvalue weighted by Gasteiger charge is 2.22. The highest BCUT2D eigenvalue weighted by Crippen LogP contribution is 2.29. The van der Waals surface area contributed by atoms with Crippen molar-refractivity contribution >= 4 is 29.3 Å². The summed E-state index contributed by atoms with van der Waals surface area (Å²) in [5, 5.41) is 11.6. The molecule has 2 aromatic carbocycles. The molecule has 0 saturated carbocycles. The van der Waals surface area contributed by atoms with E-state index in [1.54, 1.807) is 24.3 Å². The van der Waals surface area contributed by atoms with Crippen molar-refractivity contribution in [1.29, 1.82) is 0 Å². The van der Waals surface area contributed by atoms with Crippen molar-refractivity contribution in [3.8, 4) is 11.3 Å². The number of aryl methyl sites for hydroxylation is 1. The average Bonchev–Trinajstić information content (AvgIpc) is 2.79. The second-order valence-corrected chi connectivity index (χ2v) is 9.11. The van der Waals surface area contributed by atoms with Crippen molar-refractivity contribution in [3.05, 3.63) is 76.8 Å². The number of carboxylic acid groups (broad SMARTS) is 1. The van der Waals surface area contributed by atoms with Crippen LogP contribution in [0.25, 0.3) is 11.3 Å². The third-order valence-electron chi connectivity index (χ3n) is 5.02. The van der Waals surface area contributed by atoms with E-state index in [9.17, 15) is 19.5 Å². The molecular weight excluding hydrogens is 438 g/mol. The maximum Gasteiger partial charge on any atom is 0.317 e. The zero-order chi connectivity index (χ0) is 24.0. The third-order valence-corrected chi connectivity index (χ3v) is 6.57. The van der Waals surface area contributed by atoms with Gasteiger partial charge in [-0.15, -0.1) is 11.8 Å². The number of anilines is 1. The summed E-state index contributed by atoms with van der Waals surface area (Å²) in [6.07, 6.45) is 0.510. The molecule has 0 saturated heterocycles. The molecule has 7 nitrogen and oxygen atoms in total. The Hall–Kier alpha value is -3.39. The van der Waals surface area contributed by atoms with Gasteiger partial charge in [0.2, 0.25) is 5.91 Å². The van der Waals surface area contributed by atoms with E-state index >= 15 is 0 Å². The summed E-state index contributed by atoms with van der Waals surface area (Å²) in [4.78, 5) is 42.1. The normalized spacial score (nSPS) is 11.9. The minimum absolute atomic E-state index is 0.0140. The van der Waals surface area contributed by atoms with Crippen LogP contribution in [0.3, 0.4) is 0 Å². The monoisotopic (exact) mass is 465 g/mol. The number of thioether (sulfide) groups is 1. The molecule has 172 valence electrons. The van der Waals surface area contributed by atoms with Crippen LogP contribution in [0.4, 0.5) is 5.69 Å². The fraction of sp³-hybridized carbons (Fsp3) is 0.280. The van der Waals surface area contributed by atoms with Crippen molar-refractivity contribution in [2.75, 3.05) is 5.32 Å². The van der Waals surface area contributed by atoms with Crippen molar-refractivity contribution in [2.24, 2.45) is 5.92 Å². The lowest BCUT2D eigenvalue weighted by atomic mass is 10.1. The molecule has 1 heterocycles. The van der Waals surface area contributed by atoms with E-state index in [2.05, 4.69) is 10.3 Å². The Kier molecular flexibility index (Phi) is 8.06. The van der Waals surface area contributed by atoms with E-state index in [0.717, 1.165) is 10.5 Å². The quantitative estimate of drug-likeness (QED) is 0.457. The highest BCUT2D eigenvalue weighted by atomic mass is 32.2. The molecule has 0 aliphatic carbocycles. The SMILES string of the molecule is CCc1nc(-c2ccccc2)cc(=O)n1CC(=O)Nc1ccc(SC(C(=O)O)C(C)C)cc1. The maximum atomic E-state index is 12.7. The Morgan fingerprint density at radius 1 is 1.09 bits per heavy atom. The molecule has 1 aromatic heterocycles. The van der Waals surface area contributed by atoms with Crippen LogP contribution in [-0.2, 0) is 22.6 Å². The topological polar surface area (TPSA) is 101 Å². The number of nitrogens with zero attached hydrogens (tertiary/aromatic N) is 2.